The molecule has 0 atom stereocenters. The molecule has 94 valence electrons. The van der Waals surface area contributed by atoms with Crippen molar-refractivity contribution in [2.45, 2.75) is 0 Å². The Morgan fingerprint density at radius 1 is 1.35 bits per heavy atom. The zero-order valence-electron chi connectivity index (χ0n) is 8.95. The number of rotatable bonds is 3. The van der Waals surface area contributed by atoms with Gasteiger partial charge in [-0.15, -0.1) is 0 Å². The van der Waals surface area contributed by atoms with Crippen LogP contribution in [0.25, 0.3) is 0 Å². The van der Waals surface area contributed by atoms with E-state index in [1.165, 1.54) is 13.2 Å². The molecule has 0 aliphatic carbocycles. The first-order valence-electron chi connectivity index (χ1n) is 4.29. The Morgan fingerprint density at radius 2 is 1.94 bits per heavy atom. The third kappa shape index (κ3) is 3.97. The monoisotopic (exact) mass is 385 g/mol. The van der Waals surface area contributed by atoms with E-state index in [9.17, 15) is 13.2 Å². The number of halogens is 2. The molecule has 1 rings (SSSR count). The van der Waals surface area contributed by atoms with Crippen LogP contribution in [0.4, 0.5) is 5.69 Å². The summed E-state index contributed by atoms with van der Waals surface area (Å²) in [6, 6.07) is 3.10. The van der Waals surface area contributed by atoms with Crippen molar-refractivity contribution in [3.63, 3.8) is 0 Å². The lowest BCUT2D eigenvalue weighted by Gasteiger charge is -2.11. The molecule has 0 saturated heterocycles. The number of esters is 1. The molecule has 0 unspecified atom stereocenters. The quantitative estimate of drug-likeness (QED) is 0.809. The number of methoxy groups -OCH3 is 1. The molecule has 5 nitrogen and oxygen atoms in total. The summed E-state index contributed by atoms with van der Waals surface area (Å²) in [5.74, 6) is -0.627. The van der Waals surface area contributed by atoms with Crippen LogP contribution in [0.1, 0.15) is 10.4 Å². The maximum Gasteiger partial charge on any atom is 0.340 e. The number of benzene rings is 1. The van der Waals surface area contributed by atoms with Gasteiger partial charge in [0.25, 0.3) is 0 Å². The molecule has 0 aromatic heterocycles. The number of hydrogen-bond acceptors (Lipinski definition) is 4. The minimum absolute atomic E-state index is 0.124. The topological polar surface area (TPSA) is 72.5 Å². The van der Waals surface area contributed by atoms with E-state index in [0.29, 0.717) is 8.95 Å². The van der Waals surface area contributed by atoms with E-state index < -0.39 is 16.0 Å². The van der Waals surface area contributed by atoms with Gasteiger partial charge in [0.2, 0.25) is 10.0 Å². The summed E-state index contributed by atoms with van der Waals surface area (Å²) in [4.78, 5) is 11.5. The standard InChI is InChI=1S/C9H9Br2NO4S/c1-16-9(13)6-3-5(10)4-7(11)8(6)12-17(2,14)15/h3-4,12H,1-2H3. The second kappa shape index (κ2) is 5.36. The van der Waals surface area contributed by atoms with E-state index in [1.807, 2.05) is 0 Å². The van der Waals surface area contributed by atoms with Crippen molar-refractivity contribution in [2.24, 2.45) is 0 Å². The van der Waals surface area contributed by atoms with Gasteiger partial charge in [0.1, 0.15) is 0 Å². The van der Waals surface area contributed by atoms with Crippen LogP contribution in [-0.2, 0) is 14.8 Å². The van der Waals surface area contributed by atoms with Gasteiger partial charge < -0.3 is 4.74 Å². The highest BCUT2D eigenvalue weighted by atomic mass is 79.9. The lowest BCUT2D eigenvalue weighted by Crippen LogP contribution is -2.14. The number of sulfonamides is 1. The minimum Gasteiger partial charge on any atom is -0.465 e. The first kappa shape index (κ1) is 14.5. The lowest BCUT2D eigenvalue weighted by atomic mass is 10.2. The summed E-state index contributed by atoms with van der Waals surface area (Å²) in [5.41, 5.74) is 0.279. The fraction of sp³-hybridized carbons (Fsp3) is 0.222. The van der Waals surface area contributed by atoms with E-state index in [-0.39, 0.29) is 11.3 Å². The average Bonchev–Trinajstić information content (AvgIpc) is 2.19. The second-order valence-corrected chi connectivity index (χ2v) is 6.69. The fourth-order valence-corrected chi connectivity index (χ4v) is 3.18. The molecule has 0 heterocycles. The van der Waals surface area contributed by atoms with Crippen LogP contribution in [0.15, 0.2) is 21.1 Å². The molecule has 0 bridgehead atoms. The number of nitrogens with one attached hydrogen (secondary N) is 1. The highest BCUT2D eigenvalue weighted by Crippen LogP contribution is 2.31. The molecule has 8 heteroatoms. The summed E-state index contributed by atoms with van der Waals surface area (Å²) < 4.78 is 30.3. The van der Waals surface area contributed by atoms with Gasteiger partial charge in [0.05, 0.1) is 24.6 Å². The zero-order chi connectivity index (χ0) is 13.2. The van der Waals surface area contributed by atoms with Crippen LogP contribution >= 0.6 is 31.9 Å². The molecule has 0 spiro atoms. The van der Waals surface area contributed by atoms with Crippen molar-refractivity contribution in [2.75, 3.05) is 18.1 Å². The Kier molecular flexibility index (Phi) is 4.56. The molecular formula is C9H9Br2NO4S. The molecule has 1 aromatic rings. The molecule has 0 fully saturated rings. The van der Waals surface area contributed by atoms with Crippen molar-refractivity contribution in [1.82, 2.24) is 0 Å². The Hall–Kier alpha value is -0.600. The predicted molar refractivity (Wildman–Crippen MR) is 71.6 cm³/mol. The van der Waals surface area contributed by atoms with Crippen LogP contribution in [-0.4, -0.2) is 27.8 Å². The highest BCUT2D eigenvalue weighted by Gasteiger charge is 2.18. The third-order valence-corrected chi connectivity index (χ3v) is 3.41. The smallest absolute Gasteiger partial charge is 0.340 e. The van der Waals surface area contributed by atoms with Crippen molar-refractivity contribution in [3.05, 3.63) is 26.6 Å². The molecule has 0 saturated carbocycles. The predicted octanol–water partition coefficient (Wildman–Crippen LogP) is 2.37. The summed E-state index contributed by atoms with van der Waals surface area (Å²) >= 11 is 6.39. The second-order valence-electron chi connectivity index (χ2n) is 3.18. The molecule has 0 radical (unpaired) electrons. The summed E-state index contributed by atoms with van der Waals surface area (Å²) in [7, 11) is -2.26. The van der Waals surface area contributed by atoms with Gasteiger partial charge in [-0.2, -0.15) is 0 Å². The molecule has 1 aromatic carbocycles. The number of carbonyl (C=O) groups excluding carboxylic acids is 1. The van der Waals surface area contributed by atoms with Gasteiger partial charge in [0, 0.05) is 8.95 Å². The Bertz CT molecular complexity index is 556. The van der Waals surface area contributed by atoms with Gasteiger partial charge in [-0.25, -0.2) is 13.2 Å². The fourth-order valence-electron chi connectivity index (χ4n) is 1.13. The molecule has 1 N–H and O–H groups in total. The summed E-state index contributed by atoms with van der Waals surface area (Å²) in [6.45, 7) is 0. The van der Waals surface area contributed by atoms with Crippen LogP contribution < -0.4 is 4.72 Å². The molecule has 0 aliphatic rings. The maximum atomic E-state index is 11.5. The molecule has 0 aliphatic heterocycles. The number of anilines is 1. The number of hydrogen-bond donors (Lipinski definition) is 1. The summed E-state index contributed by atoms with van der Waals surface area (Å²) in [6.07, 6.45) is 1.00. The maximum absolute atomic E-state index is 11.5. The van der Waals surface area contributed by atoms with E-state index in [0.717, 1.165) is 6.26 Å². The Labute approximate surface area is 116 Å². The largest absolute Gasteiger partial charge is 0.465 e. The molecule has 17 heavy (non-hydrogen) atoms. The minimum atomic E-state index is -3.48. The van der Waals surface area contributed by atoms with Crippen molar-refractivity contribution >= 4 is 53.5 Å². The highest BCUT2D eigenvalue weighted by molar-refractivity contribution is 9.11. The number of carbonyl (C=O) groups is 1. The van der Waals surface area contributed by atoms with Crippen molar-refractivity contribution in [1.29, 1.82) is 0 Å². The van der Waals surface area contributed by atoms with Crippen LogP contribution in [0.3, 0.4) is 0 Å². The van der Waals surface area contributed by atoms with E-state index in [4.69, 9.17) is 0 Å². The third-order valence-electron chi connectivity index (χ3n) is 1.75. The zero-order valence-corrected chi connectivity index (χ0v) is 12.9. The normalized spacial score (nSPS) is 11.1. The molecular weight excluding hydrogens is 378 g/mol. The van der Waals surface area contributed by atoms with Gasteiger partial charge in [0.15, 0.2) is 0 Å². The SMILES string of the molecule is COC(=O)c1cc(Br)cc(Br)c1NS(C)(=O)=O. The van der Waals surface area contributed by atoms with E-state index in [1.54, 1.807) is 6.07 Å². The average molecular weight is 387 g/mol. The van der Waals surface area contributed by atoms with Crippen molar-refractivity contribution < 1.29 is 17.9 Å². The number of ether oxygens (including phenoxy) is 1. The van der Waals surface area contributed by atoms with E-state index in [2.05, 4.69) is 41.3 Å². The van der Waals surface area contributed by atoms with Gasteiger partial charge in [-0.05, 0) is 28.1 Å². The van der Waals surface area contributed by atoms with Crippen LogP contribution in [0.5, 0.6) is 0 Å². The van der Waals surface area contributed by atoms with Gasteiger partial charge in [-0.3, -0.25) is 4.72 Å². The van der Waals surface area contributed by atoms with Gasteiger partial charge in [-0.1, -0.05) is 15.9 Å². The van der Waals surface area contributed by atoms with Gasteiger partial charge >= 0.3 is 5.97 Å². The Balaban J connectivity index is 3.40. The van der Waals surface area contributed by atoms with Crippen molar-refractivity contribution in [3.8, 4) is 0 Å². The molecule has 0 amide bonds. The van der Waals surface area contributed by atoms with E-state index >= 15 is 0 Å². The van der Waals surface area contributed by atoms with Crippen LogP contribution in [0.2, 0.25) is 0 Å². The lowest BCUT2D eigenvalue weighted by molar-refractivity contribution is 0.0602. The first-order chi connectivity index (χ1) is 7.74. The first-order valence-corrected chi connectivity index (χ1v) is 7.77. The van der Waals surface area contributed by atoms with Crippen LogP contribution in [0, 0.1) is 0 Å². The summed E-state index contributed by atoms with van der Waals surface area (Å²) in [5, 5.41) is 0. The Morgan fingerprint density at radius 3 is 2.41 bits per heavy atom.